The van der Waals surface area contributed by atoms with E-state index in [1.54, 1.807) is 7.11 Å². The summed E-state index contributed by atoms with van der Waals surface area (Å²) < 4.78 is 16.0. The van der Waals surface area contributed by atoms with Gasteiger partial charge in [0, 0.05) is 53.3 Å². The molecule has 0 bridgehead atoms. The third kappa shape index (κ3) is 4.86. The number of aryl methyl sites for hydroxylation is 2. The maximum Gasteiger partial charge on any atom is 0.254 e. The Morgan fingerprint density at radius 2 is 1.31 bits per heavy atom. The predicted octanol–water partition coefficient (Wildman–Crippen LogP) is 4.79. The third-order valence-corrected chi connectivity index (χ3v) is 11.5. The molecule has 12 heteroatoms. The molecule has 2 aliphatic carbocycles. The van der Waals surface area contributed by atoms with Crippen molar-refractivity contribution in [1.29, 1.82) is 0 Å². The molecule has 0 atom stereocenters. The Labute approximate surface area is 298 Å². The van der Waals surface area contributed by atoms with Crippen molar-refractivity contribution in [1.82, 2.24) is 30.6 Å². The van der Waals surface area contributed by atoms with Crippen LogP contribution < -0.4 is 15.4 Å². The summed E-state index contributed by atoms with van der Waals surface area (Å²) in [5, 5.41) is 6.80. The van der Waals surface area contributed by atoms with Gasteiger partial charge in [0.25, 0.3) is 11.8 Å². The van der Waals surface area contributed by atoms with Crippen molar-refractivity contribution in [2.75, 3.05) is 33.5 Å². The van der Waals surface area contributed by atoms with Crippen molar-refractivity contribution in [3.05, 3.63) is 98.7 Å². The quantitative estimate of drug-likeness (QED) is 0.194. The van der Waals surface area contributed by atoms with E-state index in [4.69, 9.17) is 25.8 Å². The van der Waals surface area contributed by atoms with Crippen LogP contribution in [0.4, 0.5) is 0 Å². The van der Waals surface area contributed by atoms with Gasteiger partial charge in [0.2, 0.25) is 0 Å². The van der Waals surface area contributed by atoms with Crippen LogP contribution in [0.25, 0.3) is 33.8 Å². The number of nitrogens with one attached hydrogen (secondary N) is 4. The molecule has 4 N–H and O–H groups in total. The number of benzene rings is 1. The second-order valence-corrected chi connectivity index (χ2v) is 15.0. The fourth-order valence-corrected chi connectivity index (χ4v) is 8.81. The summed E-state index contributed by atoms with van der Waals surface area (Å²) in [6.45, 7) is 2.35. The average molecular weight is 703 g/mol. The lowest BCUT2D eigenvalue weighted by Crippen LogP contribution is -2.65. The number of hydrogen-bond acceptors (Lipinski definition) is 7. The maximum absolute atomic E-state index is 12.9. The van der Waals surface area contributed by atoms with E-state index in [1.807, 2.05) is 42.7 Å². The number of H-pyrrole nitrogens is 2. The average Bonchev–Trinajstić information content (AvgIpc) is 3.69. The summed E-state index contributed by atoms with van der Waals surface area (Å²) in [5.74, 6) is 0.853. The van der Waals surface area contributed by atoms with E-state index in [1.165, 1.54) is 11.1 Å². The number of halogens is 1. The normalized spacial score (nSPS) is 19.3. The number of rotatable bonds is 2. The minimum absolute atomic E-state index is 0.0191. The molecule has 8 heterocycles. The molecule has 4 aliphatic heterocycles. The van der Waals surface area contributed by atoms with E-state index in [0.29, 0.717) is 31.6 Å². The number of carbonyl (C=O) groups is 2. The van der Waals surface area contributed by atoms with E-state index in [9.17, 15) is 9.59 Å². The summed E-state index contributed by atoms with van der Waals surface area (Å²) in [6, 6.07) is 11.9. The third-order valence-electron chi connectivity index (χ3n) is 11.3. The highest BCUT2D eigenvalue weighted by atomic mass is 35.5. The van der Waals surface area contributed by atoms with Gasteiger partial charge in [-0.2, -0.15) is 0 Å². The molecule has 2 amide bonds. The Bertz CT molecular complexity index is 2300. The summed E-state index contributed by atoms with van der Waals surface area (Å²) >= 11 is 6.05. The molecule has 11 nitrogen and oxygen atoms in total. The molecule has 0 radical (unpaired) electrons. The number of pyridine rings is 2. The van der Waals surface area contributed by atoms with E-state index >= 15 is 0 Å². The zero-order chi connectivity index (χ0) is 34.5. The van der Waals surface area contributed by atoms with Gasteiger partial charge in [-0.25, -0.2) is 4.98 Å². The van der Waals surface area contributed by atoms with Crippen molar-refractivity contribution in [3.8, 4) is 39.5 Å². The van der Waals surface area contributed by atoms with Crippen molar-refractivity contribution in [2.45, 2.75) is 49.6 Å². The zero-order valence-corrected chi connectivity index (χ0v) is 28.8. The highest BCUT2D eigenvalue weighted by molar-refractivity contribution is 6.29. The molecule has 2 saturated heterocycles. The van der Waals surface area contributed by atoms with Crippen LogP contribution in [0.3, 0.4) is 0 Å². The number of nitrogens with zero attached hydrogens (tertiary/aromatic N) is 2. The lowest BCUT2D eigenvalue weighted by Gasteiger charge is -2.44. The Morgan fingerprint density at radius 1 is 0.745 bits per heavy atom. The number of carbonyl (C=O) groups excluding carboxylic acids is 2. The minimum atomic E-state index is -0.232. The molecular weight excluding hydrogens is 668 g/mol. The van der Waals surface area contributed by atoms with Crippen LogP contribution in [-0.4, -0.2) is 76.4 Å². The van der Waals surface area contributed by atoms with Crippen molar-refractivity contribution in [2.24, 2.45) is 0 Å². The molecule has 1 aromatic carbocycles. The van der Waals surface area contributed by atoms with Crippen LogP contribution in [0.1, 0.15) is 54.4 Å². The van der Waals surface area contributed by atoms with Gasteiger partial charge in [-0.1, -0.05) is 23.7 Å². The largest absolute Gasteiger partial charge is 0.497 e. The number of methoxy groups -OCH3 is 1. The summed E-state index contributed by atoms with van der Waals surface area (Å²) in [5.41, 5.74) is 14.1. The number of aromatic amines is 2. The molecule has 2 spiro atoms. The molecule has 6 aliphatic rings. The van der Waals surface area contributed by atoms with Gasteiger partial charge in [-0.3, -0.25) is 14.6 Å². The predicted molar refractivity (Wildman–Crippen MR) is 189 cm³/mol. The molecule has 51 heavy (non-hydrogen) atoms. The van der Waals surface area contributed by atoms with E-state index in [-0.39, 0.29) is 22.9 Å². The Morgan fingerprint density at radius 3 is 1.86 bits per heavy atom. The fraction of sp³-hybridized carbons (Fsp3) is 0.333. The van der Waals surface area contributed by atoms with Gasteiger partial charge in [0.05, 0.1) is 72.8 Å². The summed E-state index contributed by atoms with van der Waals surface area (Å²) in [4.78, 5) is 41.4. The molecule has 258 valence electrons. The first kappa shape index (κ1) is 30.8. The topological polar surface area (TPSA) is 143 Å². The second-order valence-electron chi connectivity index (χ2n) is 14.6. The minimum Gasteiger partial charge on any atom is -0.497 e. The molecular formula is C39H35ClN6O5. The van der Waals surface area contributed by atoms with Crippen molar-refractivity contribution < 1.29 is 23.8 Å². The number of fused-ring (bicyclic) bond motifs is 10. The van der Waals surface area contributed by atoms with Crippen molar-refractivity contribution in [3.63, 3.8) is 0 Å². The summed E-state index contributed by atoms with van der Waals surface area (Å²) in [6.07, 6.45) is 8.88. The SMILES string of the molecule is COc1cccc(-c2cc3c(cn2)CCc2c-3[nH]c3c2C(=O)NC2(COC2)C3)c1.O=C1NC2(COC2)Cc2[nH]c3c(c21)CCc1cnc(Cl)cc1-3. The van der Waals surface area contributed by atoms with E-state index < -0.39 is 0 Å². The number of hydrogen-bond donors (Lipinski definition) is 4. The first-order valence-corrected chi connectivity index (χ1v) is 17.8. The first-order valence-electron chi connectivity index (χ1n) is 17.4. The lowest BCUT2D eigenvalue weighted by atomic mass is 9.83. The van der Waals surface area contributed by atoms with Crippen LogP contribution in [0.5, 0.6) is 5.75 Å². The summed E-state index contributed by atoms with van der Waals surface area (Å²) in [7, 11) is 1.67. The Kier molecular flexibility index (Phi) is 6.81. The van der Waals surface area contributed by atoms with Gasteiger partial charge in [-0.15, -0.1) is 0 Å². The van der Waals surface area contributed by atoms with Crippen molar-refractivity contribution >= 4 is 23.4 Å². The van der Waals surface area contributed by atoms with E-state index in [0.717, 1.165) is 112 Å². The molecule has 0 saturated carbocycles. The van der Waals surface area contributed by atoms with Gasteiger partial charge in [0.15, 0.2) is 0 Å². The molecule has 2 fully saturated rings. The monoisotopic (exact) mass is 702 g/mol. The van der Waals surface area contributed by atoms with E-state index in [2.05, 4.69) is 36.6 Å². The van der Waals surface area contributed by atoms with Gasteiger partial charge in [-0.05, 0) is 72.2 Å². The zero-order valence-electron chi connectivity index (χ0n) is 28.0. The van der Waals surface area contributed by atoms with Crippen LogP contribution in [-0.2, 0) is 48.0 Å². The van der Waals surface area contributed by atoms with Gasteiger partial charge >= 0.3 is 0 Å². The highest BCUT2D eigenvalue weighted by Crippen LogP contribution is 2.42. The molecule has 4 aromatic heterocycles. The van der Waals surface area contributed by atoms with Crippen LogP contribution in [0, 0.1) is 0 Å². The number of amides is 2. The fourth-order valence-electron chi connectivity index (χ4n) is 8.65. The van der Waals surface area contributed by atoms with Crippen LogP contribution in [0.2, 0.25) is 5.15 Å². The van der Waals surface area contributed by atoms with Gasteiger partial charge < -0.3 is 34.8 Å². The highest BCUT2D eigenvalue weighted by Gasteiger charge is 2.47. The molecule has 5 aromatic rings. The Balaban J connectivity index is 0.000000133. The first-order chi connectivity index (χ1) is 24.8. The van der Waals surface area contributed by atoms with Crippen LogP contribution >= 0.6 is 11.6 Å². The number of ether oxygens (including phenoxy) is 3. The second kappa shape index (κ2) is 11.3. The van der Waals surface area contributed by atoms with Crippen LogP contribution in [0.15, 0.2) is 48.8 Å². The number of aromatic nitrogens is 4. The maximum atomic E-state index is 12.9. The lowest BCUT2D eigenvalue weighted by molar-refractivity contribution is -0.0714. The molecule has 0 unspecified atom stereocenters. The molecule has 11 rings (SSSR count). The Hall–Kier alpha value is -4.97. The smallest absolute Gasteiger partial charge is 0.254 e. The standard InChI is InChI=1S/C23H21N3O3.C16H14ClN3O2/c1-28-15-4-2-3-13(7-15)18-8-17-14(10-24-18)5-6-16-20-19(25-21(16)17)9-23(11-29-12-23)26-22(20)27;17-12-3-10-8(5-18-12)1-2-9-13-11(19-14(9)10)4-16(6-22-7-16)20-15(13)21/h2-4,7-8,10,25H,5-6,9,11-12H2,1H3,(H,26,27);3,5,19H,1-2,4,6-7H2,(H,20,21). The van der Waals surface area contributed by atoms with Gasteiger partial charge in [0.1, 0.15) is 10.9 Å².